The molecule has 0 fully saturated rings. The molecule has 0 aliphatic rings. The third kappa shape index (κ3) is 2.84. The van der Waals surface area contributed by atoms with E-state index in [2.05, 4.69) is 0 Å². The fourth-order valence-corrected chi connectivity index (χ4v) is 2.48. The molecule has 1 aromatic carbocycles. The van der Waals surface area contributed by atoms with Crippen LogP contribution in [0.1, 0.15) is 10.4 Å². The molecule has 0 spiro atoms. The van der Waals surface area contributed by atoms with Crippen molar-refractivity contribution in [2.75, 3.05) is 20.2 Å². The molecule has 0 aliphatic carbocycles. The van der Waals surface area contributed by atoms with Crippen molar-refractivity contribution in [3.63, 3.8) is 0 Å². The predicted molar refractivity (Wildman–Crippen MR) is 60.3 cm³/mol. The summed E-state index contributed by atoms with van der Waals surface area (Å²) >= 11 is 0. The van der Waals surface area contributed by atoms with Crippen LogP contribution in [0, 0.1) is 5.82 Å². The lowest BCUT2D eigenvalue weighted by molar-refractivity contribution is 0.0696. The van der Waals surface area contributed by atoms with Gasteiger partial charge in [-0.2, -0.15) is 4.31 Å². The molecule has 0 aliphatic heterocycles. The molecule has 0 heterocycles. The maximum Gasteiger partial charge on any atom is 0.335 e. The number of sulfonamides is 1. The third-order valence-corrected chi connectivity index (χ3v) is 4.17. The first-order valence-corrected chi connectivity index (χ1v) is 6.34. The van der Waals surface area contributed by atoms with Gasteiger partial charge in [0.05, 0.1) is 12.2 Å². The van der Waals surface area contributed by atoms with E-state index in [1.807, 2.05) is 0 Å². The van der Waals surface area contributed by atoms with Crippen molar-refractivity contribution < 1.29 is 27.8 Å². The van der Waals surface area contributed by atoms with E-state index in [1.165, 1.54) is 7.05 Å². The summed E-state index contributed by atoms with van der Waals surface area (Å²) in [7, 11) is -2.88. The Morgan fingerprint density at radius 3 is 2.50 bits per heavy atom. The van der Waals surface area contributed by atoms with Crippen LogP contribution >= 0.6 is 0 Å². The van der Waals surface area contributed by atoms with Gasteiger partial charge in [-0.15, -0.1) is 0 Å². The standard InChI is InChI=1S/C10H12FNO5S/c1-12(4-5-13)18(16,17)9-3-2-7(10(14)15)6-8(9)11/h2-3,6,13H,4-5H2,1H3,(H,14,15). The molecule has 8 heteroatoms. The number of carbonyl (C=O) groups is 1. The van der Waals surface area contributed by atoms with Gasteiger partial charge in [0.2, 0.25) is 10.0 Å². The number of hydrogen-bond acceptors (Lipinski definition) is 4. The first-order chi connectivity index (χ1) is 8.30. The van der Waals surface area contributed by atoms with E-state index in [9.17, 15) is 17.6 Å². The van der Waals surface area contributed by atoms with Gasteiger partial charge in [0.1, 0.15) is 10.7 Å². The van der Waals surface area contributed by atoms with Crippen molar-refractivity contribution >= 4 is 16.0 Å². The summed E-state index contributed by atoms with van der Waals surface area (Å²) in [6.07, 6.45) is 0. The Bertz CT molecular complexity index is 557. The second kappa shape index (κ2) is 5.42. The lowest BCUT2D eigenvalue weighted by Gasteiger charge is -2.16. The van der Waals surface area contributed by atoms with Crippen molar-refractivity contribution in [3.8, 4) is 0 Å². The first-order valence-electron chi connectivity index (χ1n) is 4.90. The number of aliphatic hydroxyl groups is 1. The van der Waals surface area contributed by atoms with Gasteiger partial charge in [-0.1, -0.05) is 0 Å². The van der Waals surface area contributed by atoms with Gasteiger partial charge in [0.15, 0.2) is 0 Å². The van der Waals surface area contributed by atoms with Crippen molar-refractivity contribution in [2.24, 2.45) is 0 Å². The Balaban J connectivity index is 3.22. The van der Waals surface area contributed by atoms with E-state index in [0.717, 1.165) is 16.4 Å². The number of carboxylic acids is 1. The van der Waals surface area contributed by atoms with Gasteiger partial charge in [-0.25, -0.2) is 17.6 Å². The zero-order valence-electron chi connectivity index (χ0n) is 9.50. The number of nitrogens with zero attached hydrogens (tertiary/aromatic N) is 1. The minimum atomic E-state index is -4.07. The van der Waals surface area contributed by atoms with Gasteiger partial charge in [0.25, 0.3) is 0 Å². The Kier molecular flexibility index (Phi) is 4.38. The highest BCUT2D eigenvalue weighted by Gasteiger charge is 2.24. The van der Waals surface area contributed by atoms with Crippen LogP contribution in [0.2, 0.25) is 0 Å². The quantitative estimate of drug-likeness (QED) is 0.798. The number of aromatic carboxylic acids is 1. The zero-order valence-corrected chi connectivity index (χ0v) is 10.3. The number of aliphatic hydroxyl groups excluding tert-OH is 1. The number of rotatable bonds is 5. The molecular weight excluding hydrogens is 265 g/mol. The Labute approximate surface area is 103 Å². The molecule has 0 atom stereocenters. The van der Waals surface area contributed by atoms with Crippen LogP contribution in [0.3, 0.4) is 0 Å². The third-order valence-electron chi connectivity index (χ3n) is 2.28. The highest BCUT2D eigenvalue weighted by molar-refractivity contribution is 7.89. The summed E-state index contributed by atoms with van der Waals surface area (Å²) in [5, 5.41) is 17.3. The number of hydrogen-bond donors (Lipinski definition) is 2. The molecule has 100 valence electrons. The monoisotopic (exact) mass is 277 g/mol. The second-order valence-electron chi connectivity index (χ2n) is 3.50. The molecule has 0 saturated heterocycles. The summed E-state index contributed by atoms with van der Waals surface area (Å²) in [5.74, 6) is -2.48. The lowest BCUT2D eigenvalue weighted by atomic mass is 10.2. The summed E-state index contributed by atoms with van der Waals surface area (Å²) in [6.45, 7) is -0.576. The maximum atomic E-state index is 13.6. The van der Waals surface area contributed by atoms with Gasteiger partial charge >= 0.3 is 5.97 Å². The van der Waals surface area contributed by atoms with Gasteiger partial charge < -0.3 is 10.2 Å². The van der Waals surface area contributed by atoms with E-state index < -0.39 is 33.3 Å². The number of carboxylic acid groups (broad SMARTS) is 1. The zero-order chi connectivity index (χ0) is 13.9. The second-order valence-corrected chi connectivity index (χ2v) is 5.51. The first kappa shape index (κ1) is 14.6. The fourth-order valence-electron chi connectivity index (χ4n) is 1.27. The predicted octanol–water partition coefficient (Wildman–Crippen LogP) is 0.137. The molecule has 18 heavy (non-hydrogen) atoms. The van der Waals surface area contributed by atoms with E-state index in [1.54, 1.807) is 0 Å². The molecule has 0 aromatic heterocycles. The lowest BCUT2D eigenvalue weighted by Crippen LogP contribution is -2.30. The van der Waals surface area contributed by atoms with Crippen molar-refractivity contribution in [3.05, 3.63) is 29.6 Å². The average molecular weight is 277 g/mol. The van der Waals surface area contributed by atoms with Gasteiger partial charge in [-0.05, 0) is 18.2 Å². The van der Waals surface area contributed by atoms with Gasteiger partial charge in [0, 0.05) is 13.6 Å². The van der Waals surface area contributed by atoms with Crippen LogP contribution in [0.5, 0.6) is 0 Å². The molecule has 0 amide bonds. The molecule has 2 N–H and O–H groups in total. The van der Waals surface area contributed by atoms with Crippen molar-refractivity contribution in [1.82, 2.24) is 4.31 Å². The van der Waals surface area contributed by atoms with E-state index in [-0.39, 0.29) is 12.1 Å². The molecule has 6 nitrogen and oxygen atoms in total. The smallest absolute Gasteiger partial charge is 0.335 e. The van der Waals surface area contributed by atoms with Crippen LogP contribution in [0.15, 0.2) is 23.1 Å². The average Bonchev–Trinajstić information content (AvgIpc) is 2.28. The van der Waals surface area contributed by atoms with E-state index >= 15 is 0 Å². The summed E-state index contributed by atoms with van der Waals surface area (Å²) in [5.41, 5.74) is -0.337. The summed E-state index contributed by atoms with van der Waals surface area (Å²) in [4.78, 5) is 9.97. The van der Waals surface area contributed by atoms with E-state index in [0.29, 0.717) is 6.07 Å². The number of benzene rings is 1. The normalized spacial score (nSPS) is 11.8. The molecule has 1 aromatic rings. The van der Waals surface area contributed by atoms with Crippen molar-refractivity contribution in [2.45, 2.75) is 4.90 Å². The fraction of sp³-hybridized carbons (Fsp3) is 0.300. The molecule has 0 bridgehead atoms. The summed E-state index contributed by atoms with van der Waals surface area (Å²) in [6, 6.07) is 2.54. The minimum Gasteiger partial charge on any atom is -0.478 e. The Morgan fingerprint density at radius 2 is 2.06 bits per heavy atom. The highest BCUT2D eigenvalue weighted by Crippen LogP contribution is 2.19. The molecule has 1 rings (SSSR count). The van der Waals surface area contributed by atoms with Crippen LogP contribution in [-0.4, -0.2) is 49.1 Å². The van der Waals surface area contributed by atoms with Crippen LogP contribution in [0.25, 0.3) is 0 Å². The van der Waals surface area contributed by atoms with Crippen LogP contribution in [0.4, 0.5) is 4.39 Å². The largest absolute Gasteiger partial charge is 0.478 e. The van der Waals surface area contributed by atoms with Crippen LogP contribution in [-0.2, 0) is 10.0 Å². The topological polar surface area (TPSA) is 94.9 Å². The maximum absolute atomic E-state index is 13.6. The Morgan fingerprint density at radius 1 is 1.44 bits per heavy atom. The molecule has 0 radical (unpaired) electrons. The van der Waals surface area contributed by atoms with Crippen molar-refractivity contribution in [1.29, 1.82) is 0 Å². The number of halogens is 1. The molecule has 0 saturated carbocycles. The summed E-state index contributed by atoms with van der Waals surface area (Å²) < 4.78 is 38.1. The number of likely N-dealkylation sites (N-methyl/N-ethyl adjacent to an activating group) is 1. The van der Waals surface area contributed by atoms with Gasteiger partial charge in [-0.3, -0.25) is 0 Å². The molecular formula is C10H12FNO5S. The SMILES string of the molecule is CN(CCO)S(=O)(=O)c1ccc(C(=O)O)cc1F. The Hall–Kier alpha value is -1.51. The van der Waals surface area contributed by atoms with E-state index in [4.69, 9.17) is 10.2 Å². The highest BCUT2D eigenvalue weighted by atomic mass is 32.2. The minimum absolute atomic E-state index is 0.178. The van der Waals surface area contributed by atoms with Crippen LogP contribution < -0.4 is 0 Å². The molecule has 0 unspecified atom stereocenters.